The Hall–Kier alpha value is -2.29. The highest BCUT2D eigenvalue weighted by Gasteiger charge is 2.04. The Kier molecular flexibility index (Phi) is 3.97. The number of rotatable bonds is 4. The highest BCUT2D eigenvalue weighted by molar-refractivity contribution is 5.94. The first kappa shape index (κ1) is 12.2. The molecule has 0 heterocycles. The molecule has 92 valence electrons. The van der Waals surface area contributed by atoms with Gasteiger partial charge in [-0.3, -0.25) is 4.79 Å². The van der Waals surface area contributed by atoms with Crippen LogP contribution >= 0.6 is 0 Å². The largest absolute Gasteiger partial charge is 0.388 e. The van der Waals surface area contributed by atoms with Gasteiger partial charge in [0.25, 0.3) is 5.91 Å². The third-order valence-corrected chi connectivity index (χ3v) is 2.73. The van der Waals surface area contributed by atoms with Crippen molar-refractivity contribution in [2.24, 2.45) is 0 Å². The van der Waals surface area contributed by atoms with Crippen LogP contribution in [-0.4, -0.2) is 13.0 Å². The van der Waals surface area contributed by atoms with Crippen LogP contribution in [0.2, 0.25) is 0 Å². The van der Waals surface area contributed by atoms with Crippen molar-refractivity contribution in [1.82, 2.24) is 5.32 Å². The molecule has 0 saturated carbocycles. The van der Waals surface area contributed by atoms with Gasteiger partial charge in [-0.2, -0.15) is 0 Å². The smallest absolute Gasteiger partial charge is 0.251 e. The lowest BCUT2D eigenvalue weighted by atomic mass is 10.2. The van der Waals surface area contributed by atoms with Crippen LogP contribution in [0.15, 0.2) is 54.6 Å². The summed E-state index contributed by atoms with van der Waals surface area (Å²) in [5.74, 6) is -0.0542. The van der Waals surface area contributed by atoms with Gasteiger partial charge in [-0.15, -0.1) is 0 Å². The van der Waals surface area contributed by atoms with Crippen LogP contribution in [0.4, 0.5) is 5.69 Å². The van der Waals surface area contributed by atoms with E-state index in [4.69, 9.17) is 0 Å². The number of amides is 1. The van der Waals surface area contributed by atoms with Gasteiger partial charge in [0.05, 0.1) is 0 Å². The number of carbonyl (C=O) groups is 1. The minimum atomic E-state index is -0.0542. The van der Waals surface area contributed by atoms with Crippen LogP contribution in [0.1, 0.15) is 15.9 Å². The maximum absolute atomic E-state index is 11.9. The Morgan fingerprint density at radius 3 is 2.28 bits per heavy atom. The fraction of sp³-hybridized carbons (Fsp3) is 0.133. The molecular weight excluding hydrogens is 224 g/mol. The Morgan fingerprint density at radius 1 is 1.00 bits per heavy atom. The molecule has 0 radical (unpaired) electrons. The van der Waals surface area contributed by atoms with E-state index in [1.807, 2.05) is 61.6 Å². The molecule has 1 amide bonds. The van der Waals surface area contributed by atoms with E-state index >= 15 is 0 Å². The zero-order valence-electron chi connectivity index (χ0n) is 10.3. The first-order chi connectivity index (χ1) is 8.79. The summed E-state index contributed by atoms with van der Waals surface area (Å²) in [6.07, 6.45) is 0. The molecular formula is C15H16N2O. The molecule has 0 spiro atoms. The summed E-state index contributed by atoms with van der Waals surface area (Å²) in [6, 6.07) is 17.3. The SMILES string of the molecule is CNc1ccc(C(=O)NCc2ccccc2)cc1. The molecule has 3 nitrogen and oxygen atoms in total. The molecule has 0 saturated heterocycles. The van der Waals surface area contributed by atoms with Crippen LogP contribution in [0.5, 0.6) is 0 Å². The summed E-state index contributed by atoms with van der Waals surface area (Å²) >= 11 is 0. The molecule has 18 heavy (non-hydrogen) atoms. The molecule has 0 bridgehead atoms. The van der Waals surface area contributed by atoms with E-state index in [0.717, 1.165) is 11.3 Å². The molecule has 0 aliphatic rings. The van der Waals surface area contributed by atoms with Crippen molar-refractivity contribution in [1.29, 1.82) is 0 Å². The summed E-state index contributed by atoms with van der Waals surface area (Å²) in [6.45, 7) is 0.549. The normalized spacial score (nSPS) is 9.83. The quantitative estimate of drug-likeness (QED) is 0.862. The number of carbonyl (C=O) groups excluding carboxylic acids is 1. The molecule has 2 aromatic carbocycles. The Labute approximate surface area is 107 Å². The first-order valence-corrected chi connectivity index (χ1v) is 5.89. The fourth-order valence-corrected chi connectivity index (χ4v) is 1.67. The van der Waals surface area contributed by atoms with Gasteiger partial charge in [0, 0.05) is 24.8 Å². The van der Waals surface area contributed by atoms with E-state index in [2.05, 4.69) is 10.6 Å². The second-order valence-electron chi connectivity index (χ2n) is 4.00. The number of benzene rings is 2. The van der Waals surface area contributed by atoms with E-state index in [1.165, 1.54) is 0 Å². The van der Waals surface area contributed by atoms with Crippen LogP contribution in [-0.2, 0) is 6.54 Å². The van der Waals surface area contributed by atoms with Crippen molar-refractivity contribution in [3.63, 3.8) is 0 Å². The molecule has 3 heteroatoms. The van der Waals surface area contributed by atoms with Gasteiger partial charge in [0.2, 0.25) is 0 Å². The molecule has 2 rings (SSSR count). The van der Waals surface area contributed by atoms with Crippen LogP contribution < -0.4 is 10.6 Å². The van der Waals surface area contributed by atoms with Gasteiger partial charge < -0.3 is 10.6 Å². The fourth-order valence-electron chi connectivity index (χ4n) is 1.67. The average Bonchev–Trinajstić information content (AvgIpc) is 2.46. The van der Waals surface area contributed by atoms with Crippen molar-refractivity contribution in [2.45, 2.75) is 6.54 Å². The molecule has 0 atom stereocenters. The number of hydrogen-bond acceptors (Lipinski definition) is 2. The summed E-state index contributed by atoms with van der Waals surface area (Å²) in [5, 5.41) is 5.91. The van der Waals surface area contributed by atoms with Crippen molar-refractivity contribution in [2.75, 3.05) is 12.4 Å². The highest BCUT2D eigenvalue weighted by atomic mass is 16.1. The summed E-state index contributed by atoms with van der Waals surface area (Å²) in [4.78, 5) is 11.9. The van der Waals surface area contributed by atoms with E-state index in [1.54, 1.807) is 0 Å². The molecule has 0 aliphatic heterocycles. The van der Waals surface area contributed by atoms with Crippen LogP contribution in [0.25, 0.3) is 0 Å². The van der Waals surface area contributed by atoms with Crippen molar-refractivity contribution >= 4 is 11.6 Å². The predicted molar refractivity (Wildman–Crippen MR) is 73.6 cm³/mol. The van der Waals surface area contributed by atoms with Crippen LogP contribution in [0, 0.1) is 0 Å². The standard InChI is InChI=1S/C15H16N2O/c1-16-14-9-7-13(8-10-14)15(18)17-11-12-5-3-2-4-6-12/h2-10,16H,11H2,1H3,(H,17,18). The van der Waals surface area contributed by atoms with Crippen LogP contribution in [0.3, 0.4) is 0 Å². The van der Waals surface area contributed by atoms with Crippen molar-refractivity contribution < 1.29 is 4.79 Å². The summed E-state index contributed by atoms with van der Waals surface area (Å²) < 4.78 is 0. The molecule has 0 aliphatic carbocycles. The maximum atomic E-state index is 11.9. The second-order valence-corrected chi connectivity index (χ2v) is 4.00. The lowest BCUT2D eigenvalue weighted by Crippen LogP contribution is -2.22. The van der Waals surface area contributed by atoms with Gasteiger partial charge in [0.1, 0.15) is 0 Å². The molecule has 0 unspecified atom stereocenters. The minimum Gasteiger partial charge on any atom is -0.388 e. The second kappa shape index (κ2) is 5.87. The van der Waals surface area contributed by atoms with Gasteiger partial charge >= 0.3 is 0 Å². The lowest BCUT2D eigenvalue weighted by molar-refractivity contribution is 0.0951. The summed E-state index contributed by atoms with van der Waals surface area (Å²) in [5.41, 5.74) is 2.76. The third kappa shape index (κ3) is 3.10. The molecule has 2 N–H and O–H groups in total. The Morgan fingerprint density at radius 2 is 1.67 bits per heavy atom. The predicted octanol–water partition coefficient (Wildman–Crippen LogP) is 2.66. The number of anilines is 1. The van der Waals surface area contributed by atoms with E-state index in [-0.39, 0.29) is 5.91 Å². The first-order valence-electron chi connectivity index (χ1n) is 5.89. The topological polar surface area (TPSA) is 41.1 Å². The molecule has 0 fully saturated rings. The molecule has 0 aromatic heterocycles. The monoisotopic (exact) mass is 240 g/mol. The van der Waals surface area contributed by atoms with Crippen molar-refractivity contribution in [3.8, 4) is 0 Å². The summed E-state index contributed by atoms with van der Waals surface area (Å²) in [7, 11) is 1.85. The maximum Gasteiger partial charge on any atom is 0.251 e. The zero-order valence-corrected chi connectivity index (χ0v) is 10.3. The minimum absolute atomic E-state index is 0.0542. The van der Waals surface area contributed by atoms with Gasteiger partial charge in [-0.1, -0.05) is 30.3 Å². The van der Waals surface area contributed by atoms with E-state index < -0.39 is 0 Å². The molecule has 2 aromatic rings. The van der Waals surface area contributed by atoms with Gasteiger partial charge in [-0.25, -0.2) is 0 Å². The number of nitrogens with one attached hydrogen (secondary N) is 2. The van der Waals surface area contributed by atoms with E-state index in [9.17, 15) is 4.79 Å². The lowest BCUT2D eigenvalue weighted by Gasteiger charge is -2.06. The van der Waals surface area contributed by atoms with E-state index in [0.29, 0.717) is 12.1 Å². The van der Waals surface area contributed by atoms with Gasteiger partial charge in [0.15, 0.2) is 0 Å². The van der Waals surface area contributed by atoms with Crippen molar-refractivity contribution in [3.05, 3.63) is 65.7 Å². The zero-order chi connectivity index (χ0) is 12.8. The number of hydrogen-bond donors (Lipinski definition) is 2. The van der Waals surface area contributed by atoms with Gasteiger partial charge in [-0.05, 0) is 29.8 Å². The third-order valence-electron chi connectivity index (χ3n) is 2.73. The average molecular weight is 240 g/mol. The Bertz CT molecular complexity index is 506. The highest BCUT2D eigenvalue weighted by Crippen LogP contribution is 2.08. The Balaban J connectivity index is 1.95.